The van der Waals surface area contributed by atoms with Crippen molar-refractivity contribution in [3.05, 3.63) is 144 Å². The Bertz CT molecular complexity index is 1400. The highest BCUT2D eigenvalue weighted by Crippen LogP contribution is 2.28. The van der Waals surface area contributed by atoms with Crippen LogP contribution in [0.4, 0.5) is 0 Å². The molecule has 0 bridgehead atoms. The zero-order chi connectivity index (χ0) is 29.6. The molecule has 6 rings (SSSR count). The SMILES string of the molecule is C.O=C(CC(=S)N1CCC(c2ccccc2)C1)c1ccccc1.O=C(Cl)c1ccccc1.c1ccc(C2CCNC2)cc1. The van der Waals surface area contributed by atoms with E-state index in [4.69, 9.17) is 23.8 Å². The summed E-state index contributed by atoms with van der Waals surface area (Å²) in [7, 11) is 0. The Labute approximate surface area is 267 Å². The summed E-state index contributed by atoms with van der Waals surface area (Å²) >= 11 is 10.7. The number of thiocarbonyl (C=S) groups is 1. The first kappa shape index (κ1) is 33.9. The number of halogens is 1. The molecule has 6 heteroatoms. The van der Waals surface area contributed by atoms with Crippen molar-refractivity contribution in [3.63, 3.8) is 0 Å². The van der Waals surface area contributed by atoms with Crippen LogP contribution in [0.3, 0.4) is 0 Å². The molecule has 0 aromatic heterocycles. The summed E-state index contributed by atoms with van der Waals surface area (Å²) in [5, 5.41) is 2.96. The van der Waals surface area contributed by atoms with Gasteiger partial charge in [0.25, 0.3) is 5.24 Å². The highest BCUT2D eigenvalue weighted by molar-refractivity contribution is 7.80. The molecule has 0 amide bonds. The molecular formula is C37H41ClN2O2S. The normalized spacial score (nSPS) is 16.9. The Balaban J connectivity index is 0.000000201. The quantitative estimate of drug-likeness (QED) is 0.134. The maximum absolute atomic E-state index is 12.2. The fraction of sp³-hybridized carbons (Fsp3) is 0.270. The van der Waals surface area contributed by atoms with Gasteiger partial charge in [-0.1, -0.05) is 141 Å². The second-order valence-electron chi connectivity index (χ2n) is 10.4. The number of hydrogen-bond acceptors (Lipinski definition) is 4. The third-order valence-electron chi connectivity index (χ3n) is 7.55. The Hall–Kier alpha value is -3.64. The van der Waals surface area contributed by atoms with Crippen LogP contribution in [0.2, 0.25) is 0 Å². The topological polar surface area (TPSA) is 49.4 Å². The number of nitrogens with one attached hydrogen (secondary N) is 1. The van der Waals surface area contributed by atoms with Crippen LogP contribution in [-0.2, 0) is 0 Å². The van der Waals surface area contributed by atoms with Crippen molar-refractivity contribution >= 4 is 39.8 Å². The monoisotopic (exact) mass is 612 g/mol. The molecule has 2 atom stereocenters. The molecule has 0 radical (unpaired) electrons. The van der Waals surface area contributed by atoms with Gasteiger partial charge < -0.3 is 10.2 Å². The van der Waals surface area contributed by atoms with Gasteiger partial charge in [0, 0.05) is 36.7 Å². The summed E-state index contributed by atoms with van der Waals surface area (Å²) in [6.07, 6.45) is 2.73. The average Bonchev–Trinajstić information content (AvgIpc) is 3.77. The van der Waals surface area contributed by atoms with E-state index in [0.29, 0.717) is 17.9 Å². The molecule has 43 heavy (non-hydrogen) atoms. The standard InChI is InChI=1S/C19H19NOS.C10H13N.C7H5ClO.CH4/c21-18(16-9-5-2-6-10-16)13-19(22)20-12-11-17(14-20)15-7-3-1-4-8-15;1-2-4-9(5-3-1)10-6-7-11-8-10;8-7(9)6-4-2-1-3-5-6;/h1-10,17H,11-14H2;1-5,10-11H,6-8H2;1-5H;1H4. The van der Waals surface area contributed by atoms with Gasteiger partial charge >= 0.3 is 0 Å². The van der Waals surface area contributed by atoms with Gasteiger partial charge in [-0.3, -0.25) is 9.59 Å². The number of hydrogen-bond donors (Lipinski definition) is 1. The van der Waals surface area contributed by atoms with Crippen molar-refractivity contribution < 1.29 is 9.59 Å². The maximum atomic E-state index is 12.2. The van der Waals surface area contributed by atoms with Crippen molar-refractivity contribution in [1.29, 1.82) is 0 Å². The van der Waals surface area contributed by atoms with E-state index in [1.165, 1.54) is 24.1 Å². The van der Waals surface area contributed by atoms with Gasteiger partial charge in [0.1, 0.15) is 0 Å². The average molecular weight is 613 g/mol. The van der Waals surface area contributed by atoms with E-state index >= 15 is 0 Å². The van der Waals surface area contributed by atoms with Crippen LogP contribution >= 0.6 is 23.8 Å². The van der Waals surface area contributed by atoms with Gasteiger partial charge in [-0.05, 0) is 48.0 Å². The molecule has 2 aliphatic rings. The van der Waals surface area contributed by atoms with E-state index in [1.54, 1.807) is 24.3 Å². The van der Waals surface area contributed by atoms with Gasteiger partial charge in [0.15, 0.2) is 5.78 Å². The summed E-state index contributed by atoms with van der Waals surface area (Å²) in [6.45, 7) is 4.20. The maximum Gasteiger partial charge on any atom is 0.252 e. The van der Waals surface area contributed by atoms with Crippen LogP contribution in [0.5, 0.6) is 0 Å². The second kappa shape index (κ2) is 18.1. The lowest BCUT2D eigenvalue weighted by Crippen LogP contribution is -2.28. The first-order valence-electron chi connectivity index (χ1n) is 14.4. The minimum Gasteiger partial charge on any atom is -0.365 e. The largest absolute Gasteiger partial charge is 0.365 e. The minimum atomic E-state index is -0.407. The number of benzene rings is 4. The number of likely N-dealkylation sites (tertiary alicyclic amines) is 1. The number of ketones is 1. The fourth-order valence-corrected chi connectivity index (χ4v) is 5.62. The Morgan fingerprint density at radius 2 is 1.21 bits per heavy atom. The smallest absolute Gasteiger partial charge is 0.252 e. The van der Waals surface area contributed by atoms with Crippen molar-refractivity contribution in [2.24, 2.45) is 0 Å². The van der Waals surface area contributed by atoms with Crippen molar-refractivity contribution in [2.75, 3.05) is 26.2 Å². The van der Waals surface area contributed by atoms with Crippen LogP contribution in [0.15, 0.2) is 121 Å². The van der Waals surface area contributed by atoms with E-state index in [-0.39, 0.29) is 13.2 Å². The zero-order valence-corrected chi connectivity index (χ0v) is 25.3. The molecule has 4 aromatic carbocycles. The van der Waals surface area contributed by atoms with Crippen LogP contribution in [-0.4, -0.2) is 47.1 Å². The summed E-state index contributed by atoms with van der Waals surface area (Å²) in [5.74, 6) is 1.39. The van der Waals surface area contributed by atoms with E-state index < -0.39 is 5.24 Å². The minimum absolute atomic E-state index is 0. The fourth-order valence-electron chi connectivity index (χ4n) is 5.19. The van der Waals surface area contributed by atoms with E-state index in [0.717, 1.165) is 42.5 Å². The lowest BCUT2D eigenvalue weighted by atomic mass is 9.99. The molecule has 0 saturated carbocycles. The third-order valence-corrected chi connectivity index (χ3v) is 8.17. The molecule has 1 N–H and O–H groups in total. The van der Waals surface area contributed by atoms with Gasteiger partial charge in [-0.25, -0.2) is 0 Å². The number of Topliss-reactive ketones (excluding diaryl/α,β-unsaturated/α-hetero) is 1. The molecule has 4 nitrogen and oxygen atoms in total. The van der Waals surface area contributed by atoms with Crippen molar-refractivity contribution in [3.8, 4) is 0 Å². The third kappa shape index (κ3) is 10.9. The van der Waals surface area contributed by atoms with Gasteiger partial charge in [0.05, 0.1) is 11.4 Å². The molecular weight excluding hydrogens is 572 g/mol. The van der Waals surface area contributed by atoms with Gasteiger partial charge in [-0.2, -0.15) is 0 Å². The highest BCUT2D eigenvalue weighted by atomic mass is 35.5. The Morgan fingerprint density at radius 3 is 1.67 bits per heavy atom. The number of carbonyl (C=O) groups excluding carboxylic acids is 2. The predicted molar refractivity (Wildman–Crippen MR) is 183 cm³/mol. The Kier molecular flexibility index (Phi) is 14.3. The number of nitrogens with zero attached hydrogens (tertiary/aromatic N) is 1. The molecule has 2 saturated heterocycles. The summed E-state index contributed by atoms with van der Waals surface area (Å²) < 4.78 is 0. The van der Waals surface area contributed by atoms with E-state index in [9.17, 15) is 9.59 Å². The molecule has 0 spiro atoms. The van der Waals surface area contributed by atoms with Crippen LogP contribution < -0.4 is 5.32 Å². The summed E-state index contributed by atoms with van der Waals surface area (Å²) in [4.78, 5) is 25.6. The first-order valence-corrected chi connectivity index (χ1v) is 15.2. The highest BCUT2D eigenvalue weighted by Gasteiger charge is 2.26. The molecule has 2 unspecified atom stereocenters. The lowest BCUT2D eigenvalue weighted by Gasteiger charge is -2.19. The van der Waals surface area contributed by atoms with Crippen molar-refractivity contribution in [2.45, 2.75) is 38.5 Å². The van der Waals surface area contributed by atoms with Crippen LogP contribution in [0.1, 0.15) is 70.4 Å². The number of carbonyl (C=O) groups is 2. The van der Waals surface area contributed by atoms with Crippen molar-refractivity contribution in [1.82, 2.24) is 10.2 Å². The van der Waals surface area contributed by atoms with Crippen LogP contribution in [0.25, 0.3) is 0 Å². The number of rotatable bonds is 6. The molecule has 224 valence electrons. The van der Waals surface area contributed by atoms with Gasteiger partial charge in [0.2, 0.25) is 0 Å². The summed E-state index contributed by atoms with van der Waals surface area (Å²) in [6, 6.07) is 39.4. The molecule has 2 heterocycles. The molecule has 4 aromatic rings. The first-order chi connectivity index (χ1) is 20.5. The van der Waals surface area contributed by atoms with Crippen LogP contribution in [0, 0.1) is 0 Å². The predicted octanol–water partition coefficient (Wildman–Crippen LogP) is 8.54. The molecule has 2 aliphatic heterocycles. The van der Waals surface area contributed by atoms with Gasteiger partial charge in [-0.15, -0.1) is 0 Å². The zero-order valence-electron chi connectivity index (χ0n) is 23.7. The molecule has 0 aliphatic carbocycles. The Morgan fingerprint density at radius 1 is 0.721 bits per heavy atom. The van der Waals surface area contributed by atoms with E-state index in [2.05, 4.69) is 64.8 Å². The lowest BCUT2D eigenvalue weighted by molar-refractivity contribution is 0.0997. The second-order valence-corrected chi connectivity index (χ2v) is 11.3. The molecule has 2 fully saturated rings. The van der Waals surface area contributed by atoms with E-state index in [1.807, 2.05) is 42.5 Å². The summed E-state index contributed by atoms with van der Waals surface area (Å²) in [5.41, 5.74) is 4.13.